The predicted molar refractivity (Wildman–Crippen MR) is 141 cm³/mol. The maximum atomic E-state index is 13.8. The summed E-state index contributed by atoms with van der Waals surface area (Å²) in [4.78, 5) is 12.9. The number of rotatable bonds is 5. The van der Waals surface area contributed by atoms with E-state index in [1.54, 1.807) is 16.9 Å². The Morgan fingerprint density at radius 3 is 2.72 bits per heavy atom. The molecule has 0 spiro atoms. The number of benzene rings is 1. The van der Waals surface area contributed by atoms with Crippen LogP contribution in [0.25, 0.3) is 16.6 Å². The smallest absolute Gasteiger partial charge is 0.220 e. The topological polar surface area (TPSA) is 146 Å². The van der Waals surface area contributed by atoms with Gasteiger partial charge < -0.3 is 22.5 Å². The van der Waals surface area contributed by atoms with E-state index in [-0.39, 0.29) is 29.6 Å². The van der Waals surface area contributed by atoms with Gasteiger partial charge in [0, 0.05) is 41.7 Å². The summed E-state index contributed by atoms with van der Waals surface area (Å²) < 4.78 is 15.6. The normalized spacial score (nSPS) is 18.5. The molecule has 3 aromatic heterocycles. The number of hydrogen-bond donors (Lipinski definition) is 4. The second-order valence-electron chi connectivity index (χ2n) is 9.07. The average molecular weight is 508 g/mol. The van der Waals surface area contributed by atoms with Gasteiger partial charge in [-0.1, -0.05) is 11.6 Å². The molecule has 186 valence electrons. The van der Waals surface area contributed by atoms with Gasteiger partial charge in [-0.15, -0.1) is 0 Å². The Balaban J connectivity index is 1.62. The fourth-order valence-corrected chi connectivity index (χ4v) is 4.71. The van der Waals surface area contributed by atoms with Gasteiger partial charge in [-0.3, -0.25) is 0 Å². The van der Waals surface area contributed by atoms with Crippen LogP contribution in [0, 0.1) is 12.7 Å². The lowest BCUT2D eigenvalue weighted by atomic mass is 9.91. The molecule has 0 bridgehead atoms. The molecule has 1 aromatic carbocycles. The molecule has 9 nitrogen and oxygen atoms in total. The first-order chi connectivity index (χ1) is 17.3. The number of halogens is 2. The van der Waals surface area contributed by atoms with Crippen molar-refractivity contribution in [3.63, 3.8) is 0 Å². The van der Waals surface area contributed by atoms with Gasteiger partial charge in [0.05, 0.1) is 39.4 Å². The van der Waals surface area contributed by atoms with Crippen LogP contribution in [-0.2, 0) is 0 Å². The molecule has 1 saturated carbocycles. The number of fused-ring (bicyclic) bond motifs is 1. The Kier molecular flexibility index (Phi) is 6.46. The van der Waals surface area contributed by atoms with E-state index in [1.165, 1.54) is 18.2 Å². The highest BCUT2D eigenvalue weighted by Gasteiger charge is 2.22. The Hall–Kier alpha value is -3.76. The van der Waals surface area contributed by atoms with Crippen molar-refractivity contribution in [1.82, 2.24) is 19.6 Å². The Morgan fingerprint density at radius 1 is 1.19 bits per heavy atom. The number of amidine groups is 1. The molecule has 0 saturated heterocycles. The fraction of sp³-hybridized carbons (Fsp3) is 0.280. The van der Waals surface area contributed by atoms with E-state index in [4.69, 9.17) is 28.8 Å². The van der Waals surface area contributed by atoms with Crippen molar-refractivity contribution in [1.29, 1.82) is 0 Å². The van der Waals surface area contributed by atoms with Gasteiger partial charge in [-0.05, 0) is 50.8 Å². The van der Waals surface area contributed by atoms with Crippen LogP contribution in [0.15, 0.2) is 47.8 Å². The van der Waals surface area contributed by atoms with E-state index in [1.807, 2.05) is 19.2 Å². The largest absolute Gasteiger partial charge is 0.383 e. The standard InChI is InChI=1S/C25H27ClFN9/c1-13-18(10-31-25(30)33-13)14-8-22-23(34-17-5-3-16(28)4-6-17)19(11-32-36(22)12-14)24(29)35-21-9-15(27)2-7-20(21)26/h2,7-12,16-17,34H,3-6,28H2,1H3,(H2,29,35)(H2,30,31,33). The lowest BCUT2D eigenvalue weighted by Gasteiger charge is -2.28. The molecule has 36 heavy (non-hydrogen) atoms. The minimum absolute atomic E-state index is 0.169. The zero-order chi connectivity index (χ0) is 25.4. The van der Waals surface area contributed by atoms with E-state index in [2.05, 4.69) is 25.4 Å². The van der Waals surface area contributed by atoms with E-state index < -0.39 is 5.82 Å². The fourth-order valence-electron chi connectivity index (χ4n) is 4.55. The molecule has 1 aliphatic carbocycles. The van der Waals surface area contributed by atoms with E-state index in [0.717, 1.165) is 53.7 Å². The van der Waals surface area contributed by atoms with Gasteiger partial charge >= 0.3 is 0 Å². The Morgan fingerprint density at radius 2 is 1.97 bits per heavy atom. The van der Waals surface area contributed by atoms with Crippen LogP contribution in [0.2, 0.25) is 5.02 Å². The van der Waals surface area contributed by atoms with Crippen LogP contribution in [0.4, 0.5) is 21.7 Å². The van der Waals surface area contributed by atoms with Gasteiger partial charge in [0.1, 0.15) is 11.7 Å². The van der Waals surface area contributed by atoms with E-state index in [9.17, 15) is 4.39 Å². The van der Waals surface area contributed by atoms with Gasteiger partial charge in [0.25, 0.3) is 0 Å². The predicted octanol–water partition coefficient (Wildman–Crippen LogP) is 4.19. The summed E-state index contributed by atoms with van der Waals surface area (Å²) >= 11 is 6.23. The average Bonchev–Trinajstić information content (AvgIpc) is 3.27. The number of nitrogens with one attached hydrogen (secondary N) is 1. The number of aliphatic imine (C=N–C) groups is 1. The third kappa shape index (κ3) is 4.82. The van der Waals surface area contributed by atoms with Crippen molar-refractivity contribution in [2.75, 3.05) is 11.1 Å². The maximum absolute atomic E-state index is 13.8. The van der Waals surface area contributed by atoms with Crippen molar-refractivity contribution in [2.45, 2.75) is 44.7 Å². The molecule has 0 radical (unpaired) electrons. The van der Waals surface area contributed by atoms with Crippen LogP contribution in [-0.4, -0.2) is 37.5 Å². The molecule has 1 aliphatic rings. The Labute approximate surface area is 212 Å². The van der Waals surface area contributed by atoms with Crippen LogP contribution >= 0.6 is 11.6 Å². The van der Waals surface area contributed by atoms with Gasteiger partial charge in [-0.25, -0.2) is 23.9 Å². The lowest BCUT2D eigenvalue weighted by molar-refractivity contribution is 0.411. The summed E-state index contributed by atoms with van der Waals surface area (Å²) in [5.74, 6) is -0.0609. The minimum atomic E-state index is -0.450. The SMILES string of the molecule is Cc1nc(N)ncc1-c1cc2c(NC3CCC(N)CC3)c(C(N)=Nc3cc(F)ccc3Cl)cnn2c1. The molecule has 11 heteroatoms. The van der Waals surface area contributed by atoms with Crippen molar-refractivity contribution in [3.05, 3.63) is 65.0 Å². The molecule has 1 fully saturated rings. The van der Waals surface area contributed by atoms with Crippen molar-refractivity contribution in [3.8, 4) is 11.1 Å². The van der Waals surface area contributed by atoms with Gasteiger partial charge in [0.2, 0.25) is 5.95 Å². The monoisotopic (exact) mass is 507 g/mol. The number of nitrogens with zero attached hydrogens (tertiary/aromatic N) is 5. The highest BCUT2D eigenvalue weighted by Crippen LogP contribution is 2.33. The molecule has 4 aromatic rings. The molecular weight excluding hydrogens is 481 g/mol. The Bertz CT molecular complexity index is 1460. The van der Waals surface area contributed by atoms with Crippen LogP contribution in [0.3, 0.4) is 0 Å². The van der Waals surface area contributed by atoms with Crippen LogP contribution in [0.5, 0.6) is 0 Å². The molecule has 0 atom stereocenters. The first kappa shape index (κ1) is 24.0. The molecule has 0 unspecified atom stereocenters. The summed E-state index contributed by atoms with van der Waals surface area (Å²) in [6.07, 6.45) is 8.98. The van der Waals surface area contributed by atoms with Crippen LogP contribution < -0.4 is 22.5 Å². The zero-order valence-corrected chi connectivity index (χ0v) is 20.5. The summed E-state index contributed by atoms with van der Waals surface area (Å²) in [7, 11) is 0. The van der Waals surface area contributed by atoms with Crippen LogP contribution in [0.1, 0.15) is 36.9 Å². The highest BCUT2D eigenvalue weighted by atomic mass is 35.5. The van der Waals surface area contributed by atoms with Crippen molar-refractivity contribution < 1.29 is 4.39 Å². The molecule has 3 heterocycles. The molecule has 0 amide bonds. The number of nitrogen functional groups attached to an aromatic ring is 1. The minimum Gasteiger partial charge on any atom is -0.383 e. The number of aromatic nitrogens is 4. The number of hydrogen-bond acceptors (Lipinski definition) is 7. The number of nitrogens with two attached hydrogens (primary N) is 3. The van der Waals surface area contributed by atoms with E-state index in [0.29, 0.717) is 10.6 Å². The number of anilines is 2. The second kappa shape index (κ2) is 9.71. The lowest BCUT2D eigenvalue weighted by Crippen LogP contribution is -2.33. The zero-order valence-electron chi connectivity index (χ0n) is 19.7. The summed E-state index contributed by atoms with van der Waals surface area (Å²) in [6.45, 7) is 1.88. The quantitative estimate of drug-likeness (QED) is 0.234. The summed E-state index contributed by atoms with van der Waals surface area (Å²) in [6, 6.07) is 6.39. The second-order valence-corrected chi connectivity index (χ2v) is 9.48. The van der Waals surface area contributed by atoms with E-state index >= 15 is 0 Å². The molecule has 7 N–H and O–H groups in total. The first-order valence-corrected chi connectivity index (χ1v) is 12.1. The van der Waals surface area contributed by atoms with Gasteiger partial charge in [0.15, 0.2) is 0 Å². The maximum Gasteiger partial charge on any atom is 0.220 e. The highest BCUT2D eigenvalue weighted by molar-refractivity contribution is 6.33. The van der Waals surface area contributed by atoms with Crippen molar-refractivity contribution >= 4 is 40.3 Å². The summed E-state index contributed by atoms with van der Waals surface area (Å²) in [5.41, 5.74) is 23.2. The number of aryl methyl sites for hydroxylation is 1. The van der Waals surface area contributed by atoms with Gasteiger partial charge in [-0.2, -0.15) is 5.10 Å². The third-order valence-electron chi connectivity index (χ3n) is 6.49. The summed E-state index contributed by atoms with van der Waals surface area (Å²) in [5, 5.41) is 8.52. The molecule has 5 rings (SSSR count). The third-order valence-corrected chi connectivity index (χ3v) is 6.81. The first-order valence-electron chi connectivity index (χ1n) is 11.7. The molecular formula is C25H27ClFN9. The van der Waals surface area contributed by atoms with Crippen molar-refractivity contribution in [2.24, 2.45) is 16.5 Å². The molecule has 0 aliphatic heterocycles.